The standard InChI is InChI=1S/C22H21N3O3/c1-14-20(13-23-28-14)22(27)25-17-11-9-16(10-12-17)24-21(26)19-8-4-6-15-5-2-3-7-18(15)19/h2-3,5,7,9-13,19H,4,6,8H2,1H3,(H,24,26)(H,25,27)/t19-/m0/s1. The summed E-state index contributed by atoms with van der Waals surface area (Å²) in [6, 6.07) is 15.2. The van der Waals surface area contributed by atoms with E-state index in [-0.39, 0.29) is 17.7 Å². The fourth-order valence-electron chi connectivity index (χ4n) is 3.61. The van der Waals surface area contributed by atoms with Crippen molar-refractivity contribution in [2.24, 2.45) is 0 Å². The highest BCUT2D eigenvalue weighted by Gasteiger charge is 2.26. The molecule has 0 bridgehead atoms. The number of carbonyl (C=O) groups excluding carboxylic acids is 2. The molecular formula is C22H21N3O3. The molecule has 0 unspecified atom stereocenters. The van der Waals surface area contributed by atoms with Gasteiger partial charge in [0.05, 0.1) is 12.1 Å². The van der Waals surface area contributed by atoms with Crippen molar-refractivity contribution in [3.05, 3.63) is 77.2 Å². The average Bonchev–Trinajstić information content (AvgIpc) is 3.15. The number of nitrogens with one attached hydrogen (secondary N) is 2. The molecule has 0 radical (unpaired) electrons. The predicted octanol–water partition coefficient (Wildman–Crippen LogP) is 4.29. The van der Waals surface area contributed by atoms with E-state index < -0.39 is 0 Å². The molecule has 0 spiro atoms. The average molecular weight is 375 g/mol. The van der Waals surface area contributed by atoms with Gasteiger partial charge in [0, 0.05) is 11.4 Å². The van der Waals surface area contributed by atoms with Crippen LogP contribution < -0.4 is 10.6 Å². The first kappa shape index (κ1) is 18.0. The number of benzene rings is 2. The van der Waals surface area contributed by atoms with Crippen LogP contribution >= 0.6 is 0 Å². The van der Waals surface area contributed by atoms with E-state index in [1.54, 1.807) is 31.2 Å². The van der Waals surface area contributed by atoms with E-state index in [9.17, 15) is 9.59 Å². The third-order valence-corrected chi connectivity index (χ3v) is 5.09. The zero-order valence-electron chi connectivity index (χ0n) is 15.6. The highest BCUT2D eigenvalue weighted by molar-refractivity contribution is 6.05. The number of rotatable bonds is 4. The monoisotopic (exact) mass is 375 g/mol. The van der Waals surface area contributed by atoms with Gasteiger partial charge in [-0.3, -0.25) is 9.59 Å². The van der Waals surface area contributed by atoms with Gasteiger partial charge < -0.3 is 15.2 Å². The van der Waals surface area contributed by atoms with Crippen LogP contribution in [-0.2, 0) is 11.2 Å². The van der Waals surface area contributed by atoms with Crippen LogP contribution in [0.2, 0.25) is 0 Å². The molecule has 0 fully saturated rings. The molecule has 2 amide bonds. The topological polar surface area (TPSA) is 84.2 Å². The van der Waals surface area contributed by atoms with E-state index >= 15 is 0 Å². The van der Waals surface area contributed by atoms with Crippen molar-refractivity contribution in [2.75, 3.05) is 10.6 Å². The van der Waals surface area contributed by atoms with E-state index in [1.165, 1.54) is 11.8 Å². The maximum absolute atomic E-state index is 12.8. The Hall–Kier alpha value is -3.41. The number of aryl methyl sites for hydroxylation is 2. The van der Waals surface area contributed by atoms with Gasteiger partial charge in [-0.05, 0) is 61.6 Å². The van der Waals surface area contributed by atoms with Crippen molar-refractivity contribution in [1.82, 2.24) is 5.16 Å². The number of amides is 2. The summed E-state index contributed by atoms with van der Waals surface area (Å²) >= 11 is 0. The van der Waals surface area contributed by atoms with E-state index in [4.69, 9.17) is 4.52 Å². The first-order valence-electron chi connectivity index (χ1n) is 9.33. The molecule has 1 aliphatic rings. The molecule has 28 heavy (non-hydrogen) atoms. The summed E-state index contributed by atoms with van der Waals surface area (Å²) in [5.41, 5.74) is 4.11. The number of anilines is 2. The zero-order chi connectivity index (χ0) is 19.5. The van der Waals surface area contributed by atoms with Gasteiger partial charge in [0.25, 0.3) is 5.91 Å². The van der Waals surface area contributed by atoms with Crippen LogP contribution in [0.3, 0.4) is 0 Å². The lowest BCUT2D eigenvalue weighted by Gasteiger charge is -2.24. The summed E-state index contributed by atoms with van der Waals surface area (Å²) in [6.45, 7) is 1.68. The normalized spacial score (nSPS) is 15.5. The first-order valence-corrected chi connectivity index (χ1v) is 9.33. The molecule has 1 atom stereocenters. The van der Waals surface area contributed by atoms with Crippen LogP contribution in [0.15, 0.2) is 59.3 Å². The lowest BCUT2D eigenvalue weighted by molar-refractivity contribution is -0.117. The Bertz CT molecular complexity index is 1010. The van der Waals surface area contributed by atoms with Gasteiger partial charge >= 0.3 is 0 Å². The lowest BCUT2D eigenvalue weighted by Crippen LogP contribution is -2.24. The highest BCUT2D eigenvalue weighted by atomic mass is 16.5. The molecule has 1 heterocycles. The molecule has 1 aliphatic carbocycles. The Morgan fingerprint density at radius 3 is 2.46 bits per heavy atom. The van der Waals surface area contributed by atoms with E-state index in [0.29, 0.717) is 22.7 Å². The molecule has 0 saturated carbocycles. The van der Waals surface area contributed by atoms with Crippen molar-refractivity contribution in [3.8, 4) is 0 Å². The van der Waals surface area contributed by atoms with Gasteiger partial charge in [-0.15, -0.1) is 0 Å². The van der Waals surface area contributed by atoms with Crippen molar-refractivity contribution < 1.29 is 14.1 Å². The summed E-state index contributed by atoms with van der Waals surface area (Å²) in [4.78, 5) is 25.0. The molecule has 6 heteroatoms. The Labute approximate surface area is 162 Å². The second-order valence-electron chi connectivity index (χ2n) is 6.96. The predicted molar refractivity (Wildman–Crippen MR) is 106 cm³/mol. The molecule has 0 aliphatic heterocycles. The Balaban J connectivity index is 1.42. The Morgan fingerprint density at radius 1 is 1.04 bits per heavy atom. The van der Waals surface area contributed by atoms with Crippen LogP contribution in [0.1, 0.15) is 46.0 Å². The molecule has 142 valence electrons. The molecule has 2 N–H and O–H groups in total. The highest BCUT2D eigenvalue weighted by Crippen LogP contribution is 2.32. The number of fused-ring (bicyclic) bond motifs is 1. The second kappa shape index (κ2) is 7.68. The molecule has 2 aromatic carbocycles. The fraction of sp³-hybridized carbons (Fsp3) is 0.227. The maximum atomic E-state index is 12.8. The summed E-state index contributed by atoms with van der Waals surface area (Å²) in [5, 5.41) is 9.39. The van der Waals surface area contributed by atoms with Crippen LogP contribution in [0.5, 0.6) is 0 Å². The van der Waals surface area contributed by atoms with Gasteiger partial charge in [-0.2, -0.15) is 0 Å². The SMILES string of the molecule is Cc1oncc1C(=O)Nc1ccc(NC(=O)[C@H]2CCCc3ccccc32)cc1. The minimum atomic E-state index is -0.283. The molecule has 0 saturated heterocycles. The quantitative estimate of drug-likeness (QED) is 0.712. The smallest absolute Gasteiger partial charge is 0.260 e. The van der Waals surface area contributed by atoms with Crippen LogP contribution in [0.25, 0.3) is 0 Å². The fourth-order valence-corrected chi connectivity index (χ4v) is 3.61. The third-order valence-electron chi connectivity index (χ3n) is 5.09. The minimum Gasteiger partial charge on any atom is -0.361 e. The van der Waals surface area contributed by atoms with Crippen LogP contribution in [-0.4, -0.2) is 17.0 Å². The summed E-state index contributed by atoms with van der Waals surface area (Å²) in [5.74, 6) is 0.0634. The Morgan fingerprint density at radius 2 is 1.75 bits per heavy atom. The number of hydrogen-bond donors (Lipinski definition) is 2. The van der Waals surface area contributed by atoms with E-state index in [1.807, 2.05) is 18.2 Å². The van der Waals surface area contributed by atoms with Gasteiger partial charge in [0.1, 0.15) is 11.3 Å². The van der Waals surface area contributed by atoms with E-state index in [0.717, 1.165) is 24.8 Å². The van der Waals surface area contributed by atoms with Crippen molar-refractivity contribution in [3.63, 3.8) is 0 Å². The maximum Gasteiger partial charge on any atom is 0.260 e. The van der Waals surface area contributed by atoms with Crippen molar-refractivity contribution in [2.45, 2.75) is 32.1 Å². The zero-order valence-corrected chi connectivity index (χ0v) is 15.6. The summed E-state index contributed by atoms with van der Waals surface area (Å²) < 4.78 is 4.91. The Kier molecular flexibility index (Phi) is 4.93. The second-order valence-corrected chi connectivity index (χ2v) is 6.96. The van der Waals surface area contributed by atoms with Gasteiger partial charge in [0.2, 0.25) is 5.91 Å². The third kappa shape index (κ3) is 3.67. The number of carbonyl (C=O) groups is 2. The minimum absolute atomic E-state index is 0.00373. The van der Waals surface area contributed by atoms with Crippen molar-refractivity contribution >= 4 is 23.2 Å². The number of hydrogen-bond acceptors (Lipinski definition) is 4. The molecule has 3 aromatic rings. The van der Waals surface area contributed by atoms with E-state index in [2.05, 4.69) is 21.9 Å². The first-order chi connectivity index (χ1) is 13.6. The summed E-state index contributed by atoms with van der Waals surface area (Å²) in [7, 11) is 0. The van der Waals surface area contributed by atoms with Gasteiger partial charge in [-0.25, -0.2) is 0 Å². The summed E-state index contributed by atoms with van der Waals surface area (Å²) in [6.07, 6.45) is 4.29. The molecule has 1 aromatic heterocycles. The largest absolute Gasteiger partial charge is 0.361 e. The van der Waals surface area contributed by atoms with Crippen LogP contribution in [0.4, 0.5) is 11.4 Å². The molecule has 6 nitrogen and oxygen atoms in total. The number of nitrogens with zero attached hydrogens (tertiary/aromatic N) is 1. The van der Waals surface area contributed by atoms with Crippen molar-refractivity contribution in [1.29, 1.82) is 0 Å². The number of aromatic nitrogens is 1. The van der Waals surface area contributed by atoms with Crippen LogP contribution in [0, 0.1) is 6.92 Å². The lowest BCUT2D eigenvalue weighted by atomic mass is 9.82. The molecular weight excluding hydrogens is 354 g/mol. The molecule has 4 rings (SSSR count). The van der Waals surface area contributed by atoms with Gasteiger partial charge in [-0.1, -0.05) is 29.4 Å². The van der Waals surface area contributed by atoms with Gasteiger partial charge in [0.15, 0.2) is 0 Å².